The second kappa shape index (κ2) is 7.09. The minimum Gasteiger partial charge on any atom is -0.338 e. The summed E-state index contributed by atoms with van der Waals surface area (Å²) in [7, 11) is 2.12. The van der Waals surface area contributed by atoms with Crippen LogP contribution >= 0.6 is 0 Å². The van der Waals surface area contributed by atoms with Gasteiger partial charge in [-0.3, -0.25) is 4.79 Å². The van der Waals surface area contributed by atoms with Gasteiger partial charge in [0.1, 0.15) is 0 Å². The molecule has 1 amide bonds. The van der Waals surface area contributed by atoms with Gasteiger partial charge in [0, 0.05) is 31.7 Å². The molecule has 1 saturated heterocycles. The highest BCUT2D eigenvalue weighted by Gasteiger charge is 2.16. The fourth-order valence-electron chi connectivity index (χ4n) is 3.18. The number of likely N-dealkylation sites (N-methyl/N-ethyl adjacent to an activating group) is 1. The number of amides is 1. The van der Waals surface area contributed by atoms with Crippen LogP contribution in [0.5, 0.6) is 0 Å². The quantitative estimate of drug-likeness (QED) is 0.789. The van der Waals surface area contributed by atoms with Crippen molar-refractivity contribution in [3.63, 3.8) is 0 Å². The molecule has 6 nitrogen and oxygen atoms in total. The van der Waals surface area contributed by atoms with Gasteiger partial charge < -0.3 is 15.1 Å². The lowest BCUT2D eigenvalue weighted by Crippen LogP contribution is -2.45. The van der Waals surface area contributed by atoms with Gasteiger partial charge in [-0.05, 0) is 23.9 Å². The van der Waals surface area contributed by atoms with Crippen molar-refractivity contribution in [3.05, 3.63) is 60.4 Å². The van der Waals surface area contributed by atoms with Gasteiger partial charge in [-0.25, -0.2) is 9.97 Å². The molecule has 0 radical (unpaired) electrons. The van der Waals surface area contributed by atoms with Gasteiger partial charge in [-0.2, -0.15) is 0 Å². The van der Waals surface area contributed by atoms with Crippen LogP contribution in [0.25, 0.3) is 10.8 Å². The van der Waals surface area contributed by atoms with Crippen LogP contribution in [-0.4, -0.2) is 54.0 Å². The molecular formula is C20H21N5O. The van der Waals surface area contributed by atoms with E-state index in [1.807, 2.05) is 42.5 Å². The van der Waals surface area contributed by atoms with Crippen LogP contribution in [-0.2, 0) is 0 Å². The molecule has 26 heavy (non-hydrogen) atoms. The Morgan fingerprint density at radius 3 is 2.42 bits per heavy atom. The molecule has 0 saturated carbocycles. The summed E-state index contributed by atoms with van der Waals surface area (Å²) in [5.74, 6) is 0.555. The number of carbonyl (C=O) groups excluding carboxylic acids is 1. The Bertz CT molecular complexity index is 912. The number of anilines is 2. The molecule has 4 rings (SSSR count). The molecule has 0 atom stereocenters. The molecule has 3 aromatic rings. The van der Waals surface area contributed by atoms with Crippen molar-refractivity contribution in [2.24, 2.45) is 0 Å². The number of rotatable bonds is 3. The van der Waals surface area contributed by atoms with Crippen molar-refractivity contribution in [3.8, 4) is 0 Å². The topological polar surface area (TPSA) is 61.4 Å². The van der Waals surface area contributed by atoms with Crippen LogP contribution < -0.4 is 10.2 Å². The van der Waals surface area contributed by atoms with Crippen LogP contribution in [0, 0.1) is 0 Å². The summed E-state index contributed by atoms with van der Waals surface area (Å²) in [6.07, 6.45) is 3.34. The zero-order valence-electron chi connectivity index (χ0n) is 14.7. The average molecular weight is 347 g/mol. The minimum atomic E-state index is -0.155. The third-order valence-corrected chi connectivity index (χ3v) is 4.72. The lowest BCUT2D eigenvalue weighted by atomic mass is 10.0. The van der Waals surface area contributed by atoms with E-state index in [1.165, 1.54) is 0 Å². The summed E-state index contributed by atoms with van der Waals surface area (Å²) in [4.78, 5) is 26.0. The first-order valence-electron chi connectivity index (χ1n) is 8.75. The van der Waals surface area contributed by atoms with E-state index in [0.29, 0.717) is 17.2 Å². The van der Waals surface area contributed by atoms with Gasteiger partial charge >= 0.3 is 0 Å². The Hall–Kier alpha value is -2.99. The molecule has 1 N–H and O–H groups in total. The molecule has 0 unspecified atom stereocenters. The van der Waals surface area contributed by atoms with E-state index in [1.54, 1.807) is 12.4 Å². The predicted octanol–water partition coefficient (Wildman–Crippen LogP) is 2.63. The lowest BCUT2D eigenvalue weighted by Gasteiger charge is -2.32. The summed E-state index contributed by atoms with van der Waals surface area (Å²) in [5.41, 5.74) is 1.24. The first kappa shape index (κ1) is 16.5. The zero-order chi connectivity index (χ0) is 17.9. The number of hydrogen-bond acceptors (Lipinski definition) is 5. The number of nitrogens with one attached hydrogen (secondary N) is 1. The zero-order valence-corrected chi connectivity index (χ0v) is 14.7. The third kappa shape index (κ3) is 3.36. The SMILES string of the molecule is CN1CCN(c2ncc(NC(=O)c3cccc4ccccc34)cn2)CC1. The highest BCUT2D eigenvalue weighted by atomic mass is 16.1. The van der Waals surface area contributed by atoms with Gasteiger partial charge in [0.2, 0.25) is 5.95 Å². The molecule has 6 heteroatoms. The average Bonchev–Trinajstić information content (AvgIpc) is 2.69. The molecule has 0 bridgehead atoms. The first-order chi connectivity index (χ1) is 12.7. The summed E-state index contributed by atoms with van der Waals surface area (Å²) in [6.45, 7) is 3.84. The fraction of sp³-hybridized carbons (Fsp3) is 0.250. The third-order valence-electron chi connectivity index (χ3n) is 4.72. The number of benzene rings is 2. The molecule has 132 valence electrons. The lowest BCUT2D eigenvalue weighted by molar-refractivity contribution is 0.102. The van der Waals surface area contributed by atoms with E-state index in [4.69, 9.17) is 0 Å². The van der Waals surface area contributed by atoms with E-state index in [0.717, 1.165) is 37.0 Å². The minimum absolute atomic E-state index is 0.155. The van der Waals surface area contributed by atoms with Gasteiger partial charge in [-0.1, -0.05) is 36.4 Å². The van der Waals surface area contributed by atoms with E-state index in [9.17, 15) is 4.79 Å². The van der Waals surface area contributed by atoms with Crippen molar-refractivity contribution in [1.29, 1.82) is 0 Å². The standard InChI is InChI=1S/C20H21N5O/c1-24-9-11-25(12-10-24)20-21-13-16(14-22-20)23-19(26)18-8-4-6-15-5-2-3-7-17(15)18/h2-8,13-14H,9-12H2,1H3,(H,23,26). The van der Waals surface area contributed by atoms with Crippen LogP contribution in [0.3, 0.4) is 0 Å². The van der Waals surface area contributed by atoms with E-state index < -0.39 is 0 Å². The van der Waals surface area contributed by atoms with Gasteiger partial charge in [0.15, 0.2) is 0 Å². The summed E-state index contributed by atoms with van der Waals surface area (Å²) < 4.78 is 0. The Morgan fingerprint density at radius 2 is 1.65 bits per heavy atom. The predicted molar refractivity (Wildman–Crippen MR) is 104 cm³/mol. The Kier molecular flexibility index (Phi) is 4.50. The number of carbonyl (C=O) groups is 1. The molecular weight excluding hydrogens is 326 g/mol. The number of piperazine rings is 1. The molecule has 1 aromatic heterocycles. The maximum atomic E-state index is 12.7. The van der Waals surface area contributed by atoms with E-state index >= 15 is 0 Å². The van der Waals surface area contributed by atoms with Crippen LogP contribution in [0.1, 0.15) is 10.4 Å². The van der Waals surface area contributed by atoms with E-state index in [-0.39, 0.29) is 5.91 Å². The Morgan fingerprint density at radius 1 is 0.962 bits per heavy atom. The van der Waals surface area contributed by atoms with Crippen LogP contribution in [0.4, 0.5) is 11.6 Å². The Labute approximate surface area is 152 Å². The van der Waals surface area contributed by atoms with Gasteiger partial charge in [-0.15, -0.1) is 0 Å². The maximum absolute atomic E-state index is 12.7. The molecule has 2 heterocycles. The largest absolute Gasteiger partial charge is 0.338 e. The molecule has 1 fully saturated rings. The fourth-order valence-corrected chi connectivity index (χ4v) is 3.18. The Balaban J connectivity index is 1.49. The highest BCUT2D eigenvalue weighted by molar-refractivity contribution is 6.12. The van der Waals surface area contributed by atoms with Crippen molar-refractivity contribution in [2.45, 2.75) is 0 Å². The summed E-state index contributed by atoms with van der Waals surface area (Å²) >= 11 is 0. The number of aromatic nitrogens is 2. The monoisotopic (exact) mass is 347 g/mol. The van der Waals surface area contributed by atoms with Crippen molar-refractivity contribution in [1.82, 2.24) is 14.9 Å². The van der Waals surface area contributed by atoms with E-state index in [2.05, 4.69) is 32.1 Å². The van der Waals surface area contributed by atoms with Gasteiger partial charge in [0.25, 0.3) is 5.91 Å². The number of hydrogen-bond donors (Lipinski definition) is 1. The van der Waals surface area contributed by atoms with Crippen LogP contribution in [0.15, 0.2) is 54.9 Å². The van der Waals surface area contributed by atoms with Gasteiger partial charge in [0.05, 0.1) is 18.1 Å². The number of nitrogens with zero attached hydrogens (tertiary/aromatic N) is 4. The van der Waals surface area contributed by atoms with Crippen LogP contribution in [0.2, 0.25) is 0 Å². The normalized spacial score (nSPS) is 15.2. The molecule has 1 aliphatic heterocycles. The number of fused-ring (bicyclic) bond motifs is 1. The van der Waals surface area contributed by atoms with Crippen molar-refractivity contribution >= 4 is 28.3 Å². The molecule has 0 aliphatic carbocycles. The summed E-state index contributed by atoms with van der Waals surface area (Å²) in [6, 6.07) is 13.6. The maximum Gasteiger partial charge on any atom is 0.256 e. The summed E-state index contributed by atoms with van der Waals surface area (Å²) in [5, 5.41) is 4.87. The molecule has 2 aromatic carbocycles. The second-order valence-electron chi connectivity index (χ2n) is 6.54. The first-order valence-corrected chi connectivity index (χ1v) is 8.75. The smallest absolute Gasteiger partial charge is 0.256 e. The molecule has 1 aliphatic rings. The molecule has 0 spiro atoms. The second-order valence-corrected chi connectivity index (χ2v) is 6.54. The van der Waals surface area contributed by atoms with Crippen molar-refractivity contribution in [2.75, 3.05) is 43.4 Å². The van der Waals surface area contributed by atoms with Crippen molar-refractivity contribution < 1.29 is 4.79 Å². The highest BCUT2D eigenvalue weighted by Crippen LogP contribution is 2.20.